The summed E-state index contributed by atoms with van der Waals surface area (Å²) in [5.41, 5.74) is 2.68. The molecule has 0 bridgehead atoms. The zero-order chi connectivity index (χ0) is 19.8. The summed E-state index contributed by atoms with van der Waals surface area (Å²) in [7, 11) is 0. The van der Waals surface area contributed by atoms with Crippen LogP contribution in [-0.4, -0.2) is 50.1 Å². The molecule has 1 aliphatic rings. The molecular formula is C20H20FN5O2. The minimum absolute atomic E-state index is 0.0127. The lowest BCUT2D eigenvalue weighted by atomic mass is 10.0. The van der Waals surface area contributed by atoms with Gasteiger partial charge in [-0.25, -0.2) is 14.4 Å². The number of Topliss-reactive ketones (excluding diaryl/α,β-unsaturated/α-hetero) is 2. The fraction of sp³-hybridized carbons (Fsp3) is 0.350. The highest BCUT2D eigenvalue weighted by atomic mass is 19.1. The number of alkyl halides is 1. The van der Waals surface area contributed by atoms with Gasteiger partial charge in [0.05, 0.1) is 11.6 Å². The van der Waals surface area contributed by atoms with Crippen molar-refractivity contribution in [1.29, 1.82) is 0 Å². The Balaban J connectivity index is 1.71. The Labute approximate surface area is 161 Å². The Morgan fingerprint density at radius 3 is 2.64 bits per heavy atom. The van der Waals surface area contributed by atoms with E-state index in [0.717, 1.165) is 11.1 Å². The maximum Gasteiger partial charge on any atom is 0.180 e. The van der Waals surface area contributed by atoms with E-state index in [9.17, 15) is 14.0 Å². The first-order valence-electron chi connectivity index (χ1n) is 9.13. The molecule has 3 heterocycles. The van der Waals surface area contributed by atoms with Crippen LogP contribution in [0.3, 0.4) is 0 Å². The first kappa shape index (κ1) is 18.4. The van der Waals surface area contributed by atoms with Gasteiger partial charge < -0.3 is 5.32 Å². The van der Waals surface area contributed by atoms with Crippen molar-refractivity contribution in [3.8, 4) is 11.1 Å². The fourth-order valence-electron chi connectivity index (χ4n) is 3.48. The van der Waals surface area contributed by atoms with Crippen LogP contribution in [0.5, 0.6) is 0 Å². The van der Waals surface area contributed by atoms with Gasteiger partial charge in [0.15, 0.2) is 11.6 Å². The van der Waals surface area contributed by atoms with Crippen molar-refractivity contribution < 1.29 is 14.0 Å². The lowest BCUT2D eigenvalue weighted by molar-refractivity contribution is -0.121. The lowest BCUT2D eigenvalue weighted by Crippen LogP contribution is -2.33. The quantitative estimate of drug-likeness (QED) is 0.682. The molecule has 0 saturated carbocycles. The Hall–Kier alpha value is -3.00. The number of hydrogen-bond acceptors (Lipinski definition) is 6. The number of rotatable bonds is 5. The van der Waals surface area contributed by atoms with E-state index < -0.39 is 12.2 Å². The molecule has 1 saturated heterocycles. The van der Waals surface area contributed by atoms with Crippen LogP contribution < -0.4 is 5.32 Å². The van der Waals surface area contributed by atoms with Crippen molar-refractivity contribution in [2.45, 2.75) is 39.0 Å². The van der Waals surface area contributed by atoms with E-state index in [4.69, 9.17) is 0 Å². The first-order chi connectivity index (χ1) is 13.4. The third-order valence-corrected chi connectivity index (χ3v) is 4.97. The number of carbonyl (C=O) groups is 2. The van der Waals surface area contributed by atoms with E-state index in [-0.39, 0.29) is 31.1 Å². The number of carbonyl (C=O) groups excluding carboxylic acids is 2. The number of aromatic nitrogens is 4. The van der Waals surface area contributed by atoms with Gasteiger partial charge >= 0.3 is 0 Å². The Morgan fingerprint density at radius 1 is 1.25 bits per heavy atom. The monoisotopic (exact) mass is 381 g/mol. The number of halogens is 1. The highest BCUT2D eigenvalue weighted by Crippen LogP contribution is 2.27. The van der Waals surface area contributed by atoms with Gasteiger partial charge in [-0.15, -0.1) is 0 Å². The second-order valence-corrected chi connectivity index (χ2v) is 7.07. The fourth-order valence-corrected chi connectivity index (χ4v) is 3.48. The zero-order valence-electron chi connectivity index (χ0n) is 15.6. The van der Waals surface area contributed by atoms with Crippen molar-refractivity contribution in [2.75, 3.05) is 6.54 Å². The third-order valence-electron chi connectivity index (χ3n) is 4.97. The van der Waals surface area contributed by atoms with Gasteiger partial charge in [-0.2, -0.15) is 5.10 Å². The zero-order valence-corrected chi connectivity index (χ0v) is 15.6. The predicted molar refractivity (Wildman–Crippen MR) is 102 cm³/mol. The minimum Gasteiger partial charge on any atom is -0.304 e. The van der Waals surface area contributed by atoms with E-state index in [1.165, 1.54) is 11.6 Å². The normalized spacial score (nSPS) is 19.2. The SMILES string of the molecule is CC(=O)c1nn(CC(=O)[C@H]2C[C@H](F)CN2)c2ccc(-c3cnc(C)nc3)cc12. The predicted octanol–water partition coefficient (Wildman–Crippen LogP) is 2.27. The number of benzene rings is 1. The number of nitrogens with one attached hydrogen (secondary N) is 1. The van der Waals surface area contributed by atoms with Crippen molar-refractivity contribution in [3.05, 3.63) is 42.1 Å². The molecule has 0 spiro atoms. The molecule has 8 heteroatoms. The summed E-state index contributed by atoms with van der Waals surface area (Å²) in [6.07, 6.45) is 2.62. The Kier molecular flexibility index (Phi) is 4.72. The average Bonchev–Trinajstić information content (AvgIpc) is 3.26. The minimum atomic E-state index is -1.00. The molecule has 4 rings (SSSR count). The van der Waals surface area contributed by atoms with Gasteiger partial charge in [-0.3, -0.25) is 14.3 Å². The number of nitrogens with zero attached hydrogens (tertiary/aromatic N) is 4. The van der Waals surface area contributed by atoms with Gasteiger partial charge in [0.25, 0.3) is 0 Å². The largest absolute Gasteiger partial charge is 0.304 e. The van der Waals surface area contributed by atoms with Crippen LogP contribution in [0.25, 0.3) is 22.0 Å². The van der Waals surface area contributed by atoms with Crippen LogP contribution in [0, 0.1) is 6.92 Å². The van der Waals surface area contributed by atoms with Crippen molar-refractivity contribution in [1.82, 2.24) is 25.1 Å². The molecule has 1 aromatic carbocycles. The van der Waals surface area contributed by atoms with Gasteiger partial charge in [0, 0.05) is 43.2 Å². The second kappa shape index (κ2) is 7.20. The van der Waals surface area contributed by atoms with Crippen LogP contribution in [0.4, 0.5) is 4.39 Å². The molecule has 1 fully saturated rings. The topological polar surface area (TPSA) is 89.8 Å². The molecule has 144 valence electrons. The van der Waals surface area contributed by atoms with Crippen LogP contribution in [0.1, 0.15) is 29.7 Å². The van der Waals surface area contributed by atoms with Crippen LogP contribution >= 0.6 is 0 Å². The standard InChI is InChI=1S/C20H20FN5O2/c1-11(27)20-16-5-13(14-7-22-12(2)23-8-14)3-4-18(16)26(25-20)10-19(28)17-6-15(21)9-24-17/h3-5,7-8,15,17,24H,6,9-10H2,1-2H3/t15-,17+/m0/s1. The number of hydrogen-bond donors (Lipinski definition) is 1. The maximum atomic E-state index is 13.4. The smallest absolute Gasteiger partial charge is 0.180 e. The Morgan fingerprint density at radius 2 is 2.00 bits per heavy atom. The molecule has 0 aliphatic carbocycles. The van der Waals surface area contributed by atoms with Gasteiger partial charge in [-0.05, 0) is 24.6 Å². The molecule has 0 unspecified atom stereocenters. The molecule has 3 aromatic rings. The molecule has 0 radical (unpaired) electrons. The molecule has 0 amide bonds. The summed E-state index contributed by atoms with van der Waals surface area (Å²) in [6.45, 7) is 3.44. The van der Waals surface area contributed by atoms with E-state index in [2.05, 4.69) is 20.4 Å². The number of fused-ring (bicyclic) bond motifs is 1. The molecule has 2 atom stereocenters. The van der Waals surface area contributed by atoms with Gasteiger partial charge in [-0.1, -0.05) is 6.07 Å². The van der Waals surface area contributed by atoms with E-state index in [0.29, 0.717) is 22.4 Å². The highest BCUT2D eigenvalue weighted by molar-refractivity contribution is 6.06. The van der Waals surface area contributed by atoms with Crippen LogP contribution in [0.2, 0.25) is 0 Å². The molecule has 7 nitrogen and oxygen atoms in total. The van der Waals surface area contributed by atoms with E-state index >= 15 is 0 Å². The summed E-state index contributed by atoms with van der Waals surface area (Å²) < 4.78 is 14.9. The highest BCUT2D eigenvalue weighted by Gasteiger charge is 2.29. The van der Waals surface area contributed by atoms with Gasteiger partial charge in [0.1, 0.15) is 24.2 Å². The summed E-state index contributed by atoms with van der Waals surface area (Å²) in [5.74, 6) is 0.351. The summed E-state index contributed by atoms with van der Waals surface area (Å²) in [4.78, 5) is 33.0. The molecule has 28 heavy (non-hydrogen) atoms. The third kappa shape index (κ3) is 3.43. The molecule has 2 aromatic heterocycles. The second-order valence-electron chi connectivity index (χ2n) is 7.07. The molecule has 1 aliphatic heterocycles. The summed E-state index contributed by atoms with van der Waals surface area (Å²) >= 11 is 0. The number of aryl methyl sites for hydroxylation is 1. The van der Waals surface area contributed by atoms with Crippen molar-refractivity contribution >= 4 is 22.5 Å². The van der Waals surface area contributed by atoms with Crippen molar-refractivity contribution in [3.63, 3.8) is 0 Å². The summed E-state index contributed by atoms with van der Waals surface area (Å²) in [6, 6.07) is 5.06. The van der Waals surface area contributed by atoms with Crippen LogP contribution in [-0.2, 0) is 11.3 Å². The molecule has 1 N–H and O–H groups in total. The number of ketones is 2. The van der Waals surface area contributed by atoms with Crippen molar-refractivity contribution in [2.24, 2.45) is 0 Å². The van der Waals surface area contributed by atoms with E-state index in [1.54, 1.807) is 12.4 Å². The Bertz CT molecular complexity index is 1060. The lowest BCUT2D eigenvalue weighted by Gasteiger charge is -2.09. The summed E-state index contributed by atoms with van der Waals surface area (Å²) in [5, 5.41) is 7.92. The average molecular weight is 381 g/mol. The maximum absolute atomic E-state index is 13.4. The molecular weight excluding hydrogens is 361 g/mol. The van der Waals surface area contributed by atoms with Gasteiger partial charge in [0.2, 0.25) is 0 Å². The first-order valence-corrected chi connectivity index (χ1v) is 9.13. The van der Waals surface area contributed by atoms with E-state index in [1.807, 2.05) is 25.1 Å². The van der Waals surface area contributed by atoms with Crippen LogP contribution in [0.15, 0.2) is 30.6 Å².